The topological polar surface area (TPSA) is 55.4 Å². The number of fused-ring (bicyclic) bond motifs is 5. The molecule has 0 N–H and O–H groups in total. The summed E-state index contributed by atoms with van der Waals surface area (Å²) in [7, 11) is 3.38. The fourth-order valence-electron chi connectivity index (χ4n) is 7.78. The van der Waals surface area contributed by atoms with Crippen LogP contribution in [0.15, 0.2) is 133 Å². The minimum atomic E-state index is -0.965. The maximum absolute atomic E-state index is 7.23. The van der Waals surface area contributed by atoms with Gasteiger partial charge in [-0.2, -0.15) is 0 Å². The van der Waals surface area contributed by atoms with Crippen LogP contribution in [0.3, 0.4) is 0 Å². The van der Waals surface area contributed by atoms with Crippen molar-refractivity contribution in [3.8, 4) is 34.5 Å². The molecule has 2 aliphatic heterocycles. The van der Waals surface area contributed by atoms with Gasteiger partial charge in [0.25, 0.3) is 0 Å². The highest BCUT2D eigenvalue weighted by atomic mass is 16.5. The van der Waals surface area contributed by atoms with E-state index in [9.17, 15) is 0 Å². The molecule has 6 nitrogen and oxygen atoms in total. The van der Waals surface area contributed by atoms with Gasteiger partial charge in [0.2, 0.25) is 0 Å². The number of ether oxygens (including phenoxy) is 6. The third kappa shape index (κ3) is 6.43. The van der Waals surface area contributed by atoms with Gasteiger partial charge in [0.1, 0.15) is 34.5 Å². The van der Waals surface area contributed by atoms with Crippen LogP contribution in [0.2, 0.25) is 0 Å². The third-order valence-corrected chi connectivity index (χ3v) is 11.1. The Hall–Kier alpha value is -6.14. The van der Waals surface area contributed by atoms with Gasteiger partial charge in [-0.15, -0.1) is 0 Å². The first-order chi connectivity index (χ1) is 27.3. The van der Waals surface area contributed by atoms with Crippen molar-refractivity contribution in [3.63, 3.8) is 0 Å². The summed E-state index contributed by atoms with van der Waals surface area (Å²) in [5, 5.41) is 2.13. The Morgan fingerprint density at radius 3 is 1.36 bits per heavy atom. The van der Waals surface area contributed by atoms with E-state index in [0.29, 0.717) is 11.5 Å². The third-order valence-electron chi connectivity index (χ3n) is 11.1. The molecule has 2 aliphatic rings. The minimum Gasteiger partial charge on any atom is -0.496 e. The predicted molar refractivity (Wildman–Crippen MR) is 224 cm³/mol. The molecule has 0 radical (unpaired) electrons. The van der Waals surface area contributed by atoms with Crippen molar-refractivity contribution in [2.45, 2.75) is 63.9 Å². The average Bonchev–Trinajstić information content (AvgIpc) is 3.26. The molecule has 6 aromatic rings. The smallest absolute Gasteiger partial charge is 0.181 e. The summed E-state index contributed by atoms with van der Waals surface area (Å²) in [6.45, 7) is 8.36. The van der Waals surface area contributed by atoms with Crippen LogP contribution in [0.1, 0.15) is 73.9 Å². The minimum absolute atomic E-state index is 0.0816. The zero-order valence-corrected chi connectivity index (χ0v) is 32.9. The molecule has 6 heteroatoms. The fraction of sp³-hybridized carbons (Fsp3) is 0.240. The maximum Gasteiger partial charge on any atom is 0.181 e. The molecule has 0 saturated heterocycles. The predicted octanol–water partition coefficient (Wildman–Crippen LogP) is 11.9. The van der Waals surface area contributed by atoms with Crippen LogP contribution in [0.4, 0.5) is 0 Å². The van der Waals surface area contributed by atoms with Gasteiger partial charge in [-0.05, 0) is 92.8 Å². The van der Waals surface area contributed by atoms with E-state index in [1.54, 1.807) is 14.2 Å². The van der Waals surface area contributed by atoms with Crippen molar-refractivity contribution in [3.05, 3.63) is 167 Å². The molecule has 284 valence electrons. The number of hydrogen-bond acceptors (Lipinski definition) is 6. The van der Waals surface area contributed by atoms with E-state index < -0.39 is 11.2 Å². The molecule has 4 atom stereocenters. The van der Waals surface area contributed by atoms with Gasteiger partial charge in [0.05, 0.1) is 26.4 Å². The van der Waals surface area contributed by atoms with Crippen molar-refractivity contribution in [1.29, 1.82) is 0 Å². The van der Waals surface area contributed by atoms with Crippen molar-refractivity contribution in [2.75, 3.05) is 14.2 Å². The van der Waals surface area contributed by atoms with Crippen molar-refractivity contribution in [2.24, 2.45) is 0 Å². The van der Waals surface area contributed by atoms with E-state index in [-0.39, 0.29) is 12.2 Å². The number of hydrogen-bond donors (Lipinski definition) is 0. The van der Waals surface area contributed by atoms with Crippen LogP contribution in [-0.4, -0.2) is 26.4 Å². The van der Waals surface area contributed by atoms with E-state index in [2.05, 4.69) is 113 Å². The molecular weight excluding hydrogens is 697 g/mol. The van der Waals surface area contributed by atoms with Gasteiger partial charge in [-0.1, -0.05) is 86.6 Å². The van der Waals surface area contributed by atoms with Crippen LogP contribution in [-0.2, 0) is 11.2 Å². The Morgan fingerprint density at radius 2 is 0.964 bits per heavy atom. The highest BCUT2D eigenvalue weighted by molar-refractivity contribution is 6.02. The number of methoxy groups -OCH3 is 2. The maximum atomic E-state index is 7.23. The lowest BCUT2D eigenvalue weighted by atomic mass is 9.81. The standard InChI is InChI=1S/C50H48O6/c1-7-33(3)53-38-21-23-42(46(31-38)51-5)49(36-15-11-9-12-16-36)29-27-40-44(55-49)25-19-35-20-26-45-41(48(35)40)28-30-50(56-45,37-17-13-10-14-18-37)43-24-22-39(32-47(43)52-6)54-34(4)8-2/h9-34H,7-8H2,1-6H3. The van der Waals surface area contributed by atoms with E-state index >= 15 is 0 Å². The summed E-state index contributed by atoms with van der Waals surface area (Å²) in [6, 6.07) is 41.0. The molecule has 0 amide bonds. The monoisotopic (exact) mass is 744 g/mol. The van der Waals surface area contributed by atoms with E-state index in [4.69, 9.17) is 28.4 Å². The molecule has 0 aromatic heterocycles. The highest BCUT2D eigenvalue weighted by Crippen LogP contribution is 2.51. The molecule has 0 spiro atoms. The Kier molecular flexibility index (Phi) is 9.98. The Balaban J connectivity index is 1.26. The molecule has 8 rings (SSSR count). The van der Waals surface area contributed by atoms with Gasteiger partial charge in [0.15, 0.2) is 11.2 Å². The van der Waals surface area contributed by atoms with E-state index in [1.165, 1.54) is 0 Å². The second-order valence-electron chi connectivity index (χ2n) is 14.5. The van der Waals surface area contributed by atoms with Crippen LogP contribution in [0, 0.1) is 0 Å². The first-order valence-corrected chi connectivity index (χ1v) is 19.5. The molecule has 6 aromatic carbocycles. The molecule has 2 heterocycles. The summed E-state index contributed by atoms with van der Waals surface area (Å²) >= 11 is 0. The number of rotatable bonds is 12. The van der Waals surface area contributed by atoms with Crippen LogP contribution in [0.5, 0.6) is 34.5 Å². The quantitative estimate of drug-likeness (QED) is 0.124. The first kappa shape index (κ1) is 36.8. The van der Waals surface area contributed by atoms with Crippen molar-refractivity contribution >= 4 is 22.9 Å². The first-order valence-electron chi connectivity index (χ1n) is 19.5. The van der Waals surface area contributed by atoms with Gasteiger partial charge in [-0.3, -0.25) is 0 Å². The largest absolute Gasteiger partial charge is 0.496 e. The van der Waals surface area contributed by atoms with E-state index in [1.807, 2.05) is 60.7 Å². The summed E-state index contributed by atoms with van der Waals surface area (Å²) in [4.78, 5) is 0. The Bertz CT molecular complexity index is 2250. The second-order valence-corrected chi connectivity index (χ2v) is 14.5. The highest BCUT2D eigenvalue weighted by Gasteiger charge is 2.42. The molecule has 0 bridgehead atoms. The fourth-order valence-corrected chi connectivity index (χ4v) is 7.78. The lowest BCUT2D eigenvalue weighted by Gasteiger charge is -2.38. The summed E-state index contributed by atoms with van der Waals surface area (Å²) in [5.74, 6) is 4.39. The van der Waals surface area contributed by atoms with Crippen LogP contribution < -0.4 is 28.4 Å². The van der Waals surface area contributed by atoms with Gasteiger partial charge in [-0.25, -0.2) is 0 Å². The Morgan fingerprint density at radius 1 is 0.536 bits per heavy atom. The SMILES string of the molecule is CCC(C)Oc1ccc(C2(c3ccccc3)C=Cc3c(ccc4ccc5c(c34)C=CC(c3ccccc3)(c3ccc(OC(C)CC)cc3OC)O5)O2)c(OC)c1. The average molecular weight is 745 g/mol. The number of benzene rings is 6. The summed E-state index contributed by atoms with van der Waals surface area (Å²) in [5.41, 5.74) is 3.75. The van der Waals surface area contributed by atoms with Crippen LogP contribution in [0.25, 0.3) is 22.9 Å². The molecule has 0 fully saturated rings. The zero-order chi connectivity index (χ0) is 38.9. The summed E-state index contributed by atoms with van der Waals surface area (Å²) < 4.78 is 38.9. The molecular formula is C50H48O6. The Labute approximate surface area is 329 Å². The van der Waals surface area contributed by atoms with Gasteiger partial charge in [0, 0.05) is 50.9 Å². The molecule has 4 unspecified atom stereocenters. The van der Waals surface area contributed by atoms with E-state index in [0.717, 1.165) is 80.0 Å². The van der Waals surface area contributed by atoms with Crippen LogP contribution >= 0.6 is 0 Å². The molecule has 56 heavy (non-hydrogen) atoms. The van der Waals surface area contributed by atoms with Gasteiger partial charge >= 0.3 is 0 Å². The lowest BCUT2D eigenvalue weighted by molar-refractivity contribution is 0.156. The van der Waals surface area contributed by atoms with Crippen molar-refractivity contribution in [1.82, 2.24) is 0 Å². The summed E-state index contributed by atoms with van der Waals surface area (Å²) in [6.07, 6.45) is 10.6. The molecule has 0 aliphatic carbocycles. The van der Waals surface area contributed by atoms with Crippen molar-refractivity contribution < 1.29 is 28.4 Å². The lowest BCUT2D eigenvalue weighted by Crippen LogP contribution is -2.35. The molecule has 0 saturated carbocycles. The second kappa shape index (κ2) is 15.2. The van der Waals surface area contributed by atoms with Gasteiger partial charge < -0.3 is 28.4 Å². The normalized spacial score (nSPS) is 19.2. The zero-order valence-electron chi connectivity index (χ0n) is 32.9.